The van der Waals surface area contributed by atoms with Crippen LogP contribution in [0, 0.1) is 5.92 Å². The van der Waals surface area contributed by atoms with Crippen LogP contribution >= 0.6 is 24.0 Å². The van der Waals surface area contributed by atoms with Crippen LogP contribution < -0.4 is 4.90 Å². The first-order valence-electron chi connectivity index (χ1n) is 4.91. The molecule has 3 nitrogen and oxygen atoms in total. The summed E-state index contributed by atoms with van der Waals surface area (Å²) in [6.45, 7) is 3.26. The quantitative estimate of drug-likeness (QED) is 0.752. The summed E-state index contributed by atoms with van der Waals surface area (Å²) in [4.78, 5) is 10.5. The average molecular weight is 248 g/mol. The van der Waals surface area contributed by atoms with E-state index in [1.54, 1.807) is 12.5 Å². The van der Waals surface area contributed by atoms with E-state index in [1.165, 1.54) is 0 Å². The van der Waals surface area contributed by atoms with Crippen LogP contribution in [-0.2, 0) is 0 Å². The zero-order valence-corrected chi connectivity index (χ0v) is 10.2. The molecule has 2 rings (SSSR count). The molecule has 1 aromatic heterocycles. The molecular weight excluding hydrogens is 233 g/mol. The first-order chi connectivity index (χ1) is 6.83. The Morgan fingerprint density at radius 2 is 2.40 bits per heavy atom. The Morgan fingerprint density at radius 3 is 2.93 bits per heavy atom. The van der Waals surface area contributed by atoms with Crippen molar-refractivity contribution in [3.8, 4) is 0 Å². The van der Waals surface area contributed by atoms with Crippen LogP contribution in [-0.4, -0.2) is 28.4 Å². The van der Waals surface area contributed by atoms with E-state index in [-0.39, 0.29) is 12.4 Å². The molecule has 0 aromatic carbocycles. The van der Waals surface area contributed by atoms with Crippen molar-refractivity contribution in [1.82, 2.24) is 9.97 Å². The molecule has 1 fully saturated rings. The van der Waals surface area contributed by atoms with Crippen LogP contribution in [0.15, 0.2) is 18.6 Å². The van der Waals surface area contributed by atoms with Gasteiger partial charge in [-0.1, -0.05) is 0 Å². The molecule has 0 spiro atoms. The Morgan fingerprint density at radius 1 is 1.60 bits per heavy atom. The maximum atomic E-state index is 5.90. The zero-order chi connectivity index (χ0) is 9.97. The molecule has 0 saturated carbocycles. The lowest BCUT2D eigenvalue weighted by molar-refractivity contribution is 0.550. The smallest absolute Gasteiger partial charge is 0.132 e. The van der Waals surface area contributed by atoms with Gasteiger partial charge in [-0.25, -0.2) is 9.97 Å². The summed E-state index contributed by atoms with van der Waals surface area (Å²) >= 11 is 5.90. The topological polar surface area (TPSA) is 29.0 Å². The highest BCUT2D eigenvalue weighted by Crippen LogP contribution is 2.28. The van der Waals surface area contributed by atoms with E-state index in [2.05, 4.69) is 21.8 Å². The highest BCUT2D eigenvalue weighted by atomic mass is 35.5. The van der Waals surface area contributed by atoms with Crippen LogP contribution in [0.1, 0.15) is 13.3 Å². The van der Waals surface area contributed by atoms with Crippen molar-refractivity contribution in [2.24, 2.45) is 5.92 Å². The Hall–Kier alpha value is -0.540. The monoisotopic (exact) mass is 247 g/mol. The van der Waals surface area contributed by atoms with Crippen molar-refractivity contribution in [3.05, 3.63) is 18.6 Å². The van der Waals surface area contributed by atoms with Gasteiger partial charge in [0.1, 0.15) is 12.1 Å². The number of alkyl halides is 1. The van der Waals surface area contributed by atoms with Gasteiger partial charge in [-0.3, -0.25) is 0 Å². The number of rotatable bonds is 2. The molecule has 0 N–H and O–H groups in total. The van der Waals surface area contributed by atoms with E-state index in [1.807, 2.05) is 6.07 Å². The molecule has 2 atom stereocenters. The normalized spacial score (nSPS) is 25.1. The van der Waals surface area contributed by atoms with E-state index < -0.39 is 0 Å². The largest absolute Gasteiger partial charge is 0.353 e. The molecule has 1 saturated heterocycles. The summed E-state index contributed by atoms with van der Waals surface area (Å²) in [5, 5.41) is 0. The van der Waals surface area contributed by atoms with Gasteiger partial charge in [0.25, 0.3) is 0 Å². The lowest BCUT2D eigenvalue weighted by Gasteiger charge is -2.24. The van der Waals surface area contributed by atoms with E-state index in [9.17, 15) is 0 Å². The molecule has 0 radical (unpaired) electrons. The SMILES string of the molecule is CC1C(CCl)CCN1c1ccncn1.Cl. The van der Waals surface area contributed by atoms with Gasteiger partial charge in [-0.2, -0.15) is 0 Å². The second-order valence-corrected chi connectivity index (χ2v) is 4.01. The fourth-order valence-corrected chi connectivity index (χ4v) is 2.40. The summed E-state index contributed by atoms with van der Waals surface area (Å²) < 4.78 is 0. The summed E-state index contributed by atoms with van der Waals surface area (Å²) in [6.07, 6.45) is 4.54. The maximum absolute atomic E-state index is 5.90. The second kappa shape index (κ2) is 5.52. The summed E-state index contributed by atoms with van der Waals surface area (Å²) in [5.41, 5.74) is 0. The van der Waals surface area contributed by atoms with Gasteiger partial charge in [0.05, 0.1) is 0 Å². The minimum absolute atomic E-state index is 0. The summed E-state index contributed by atoms with van der Waals surface area (Å²) in [6, 6.07) is 2.44. The number of aromatic nitrogens is 2. The van der Waals surface area contributed by atoms with Gasteiger partial charge in [-0.05, 0) is 25.3 Å². The standard InChI is InChI=1S/C10H14ClN3.ClH/c1-8-9(6-11)3-5-14(8)10-2-4-12-7-13-10;/h2,4,7-9H,3,5-6H2,1H3;1H. The summed E-state index contributed by atoms with van der Waals surface area (Å²) in [7, 11) is 0. The van der Waals surface area contributed by atoms with E-state index in [0.29, 0.717) is 12.0 Å². The highest BCUT2D eigenvalue weighted by Gasteiger charge is 2.30. The second-order valence-electron chi connectivity index (χ2n) is 3.70. The van der Waals surface area contributed by atoms with Crippen molar-refractivity contribution < 1.29 is 0 Å². The minimum Gasteiger partial charge on any atom is -0.353 e. The molecule has 0 bridgehead atoms. The van der Waals surface area contributed by atoms with Crippen molar-refractivity contribution in [1.29, 1.82) is 0 Å². The molecule has 84 valence electrons. The Bertz CT molecular complexity index is 294. The summed E-state index contributed by atoms with van der Waals surface area (Å²) in [5.74, 6) is 2.34. The first kappa shape index (κ1) is 12.5. The third kappa shape index (κ3) is 2.52. The predicted octanol–water partition coefficient (Wildman–Crippen LogP) is 2.35. The fraction of sp³-hybridized carbons (Fsp3) is 0.600. The zero-order valence-electron chi connectivity index (χ0n) is 8.64. The van der Waals surface area contributed by atoms with E-state index in [0.717, 1.165) is 24.7 Å². The maximum Gasteiger partial charge on any atom is 0.132 e. The molecule has 2 heterocycles. The van der Waals surface area contributed by atoms with Gasteiger partial charge in [-0.15, -0.1) is 24.0 Å². The minimum atomic E-state index is 0. The van der Waals surface area contributed by atoms with Crippen LogP contribution in [0.4, 0.5) is 5.82 Å². The third-order valence-electron chi connectivity index (χ3n) is 2.97. The number of hydrogen-bond donors (Lipinski definition) is 0. The van der Waals surface area contributed by atoms with Crippen molar-refractivity contribution >= 4 is 29.8 Å². The molecule has 5 heteroatoms. The predicted molar refractivity (Wildman–Crippen MR) is 64.9 cm³/mol. The molecule has 0 amide bonds. The van der Waals surface area contributed by atoms with Gasteiger partial charge in [0, 0.05) is 24.7 Å². The van der Waals surface area contributed by atoms with Crippen molar-refractivity contribution in [3.63, 3.8) is 0 Å². The van der Waals surface area contributed by atoms with E-state index >= 15 is 0 Å². The highest BCUT2D eigenvalue weighted by molar-refractivity contribution is 6.18. The van der Waals surface area contributed by atoms with Crippen molar-refractivity contribution in [2.45, 2.75) is 19.4 Å². The van der Waals surface area contributed by atoms with Crippen molar-refractivity contribution in [2.75, 3.05) is 17.3 Å². The molecule has 1 aliphatic heterocycles. The number of hydrogen-bond acceptors (Lipinski definition) is 3. The lowest BCUT2D eigenvalue weighted by atomic mass is 10.1. The van der Waals surface area contributed by atoms with Gasteiger partial charge in [0.15, 0.2) is 0 Å². The lowest BCUT2D eigenvalue weighted by Crippen LogP contribution is -2.31. The van der Waals surface area contributed by atoms with Crippen LogP contribution in [0.5, 0.6) is 0 Å². The molecule has 1 aromatic rings. The van der Waals surface area contributed by atoms with Crippen LogP contribution in [0.2, 0.25) is 0 Å². The molecule has 0 aliphatic carbocycles. The van der Waals surface area contributed by atoms with Gasteiger partial charge >= 0.3 is 0 Å². The molecule has 15 heavy (non-hydrogen) atoms. The number of nitrogens with zero attached hydrogens (tertiary/aromatic N) is 3. The number of halogens is 2. The van der Waals surface area contributed by atoms with Gasteiger partial charge < -0.3 is 4.90 Å². The molecule has 1 aliphatic rings. The fourth-order valence-electron chi connectivity index (χ4n) is 1.99. The Balaban J connectivity index is 0.00000112. The Labute approximate surface area is 101 Å². The first-order valence-corrected chi connectivity index (χ1v) is 5.45. The number of anilines is 1. The molecular formula is C10H15Cl2N3. The van der Waals surface area contributed by atoms with Crippen LogP contribution in [0.3, 0.4) is 0 Å². The third-order valence-corrected chi connectivity index (χ3v) is 3.37. The van der Waals surface area contributed by atoms with Crippen LogP contribution in [0.25, 0.3) is 0 Å². The average Bonchev–Trinajstić information content (AvgIpc) is 2.61. The Kier molecular flexibility index (Phi) is 4.61. The van der Waals surface area contributed by atoms with E-state index in [4.69, 9.17) is 11.6 Å². The van der Waals surface area contributed by atoms with Gasteiger partial charge in [0.2, 0.25) is 0 Å². The molecule has 2 unspecified atom stereocenters.